The van der Waals surface area contributed by atoms with Gasteiger partial charge in [-0.3, -0.25) is 9.59 Å². The fourth-order valence-electron chi connectivity index (χ4n) is 7.75. The summed E-state index contributed by atoms with van der Waals surface area (Å²) in [5, 5.41) is 0. The van der Waals surface area contributed by atoms with Crippen molar-refractivity contribution in [1.29, 1.82) is 0 Å². The third-order valence-electron chi connectivity index (χ3n) is 9.88. The molecule has 1 aromatic carbocycles. The number of aromatic nitrogens is 2. The Morgan fingerprint density at radius 1 is 0.810 bits per heavy atom. The molecule has 1 aromatic heterocycles. The molecule has 0 N–H and O–H groups in total. The summed E-state index contributed by atoms with van der Waals surface area (Å²) in [6.45, 7) is 9.77. The minimum absolute atomic E-state index is 0.0279. The number of benzene rings is 1. The van der Waals surface area contributed by atoms with E-state index >= 15 is 0 Å². The number of hydrogen-bond acceptors (Lipinski definition) is 6. The molecule has 1 saturated carbocycles. The van der Waals surface area contributed by atoms with Gasteiger partial charge in [0.15, 0.2) is 5.69 Å². The molecule has 1 aliphatic carbocycles. The zero-order valence-corrected chi connectivity index (χ0v) is 25.6. The number of para-hydroxylation sites is 2. The predicted octanol–water partition coefficient (Wildman–Crippen LogP) is 5.09. The van der Waals surface area contributed by atoms with E-state index < -0.39 is 5.60 Å². The van der Waals surface area contributed by atoms with Gasteiger partial charge in [-0.25, -0.2) is 9.78 Å². The lowest BCUT2D eigenvalue weighted by atomic mass is 9.93. The lowest BCUT2D eigenvalue weighted by Gasteiger charge is -2.39. The highest BCUT2D eigenvalue weighted by Crippen LogP contribution is 2.33. The zero-order chi connectivity index (χ0) is 29.4. The number of carbonyl (C=O) groups is 2. The molecule has 2 atom stereocenters. The summed E-state index contributed by atoms with van der Waals surface area (Å²) in [5.41, 5.74) is 0.729. The molecule has 9 heteroatoms. The van der Waals surface area contributed by atoms with Crippen molar-refractivity contribution in [2.75, 3.05) is 39.3 Å². The van der Waals surface area contributed by atoms with Gasteiger partial charge in [0.2, 0.25) is 0 Å². The summed E-state index contributed by atoms with van der Waals surface area (Å²) in [6, 6.07) is 8.45. The highest BCUT2D eigenvalue weighted by atomic mass is 16.6. The molecule has 4 fully saturated rings. The van der Waals surface area contributed by atoms with Crippen molar-refractivity contribution in [3.05, 3.63) is 40.3 Å². The van der Waals surface area contributed by atoms with Crippen LogP contribution in [-0.4, -0.2) is 87.2 Å². The van der Waals surface area contributed by atoms with E-state index in [0.717, 1.165) is 31.4 Å². The van der Waals surface area contributed by atoms with E-state index in [9.17, 15) is 14.4 Å². The standard InChI is InChI=1S/C33H47N5O4/c1-33(2,3)42-32(41)37-21-23-19-36(20-24(23)22-37)30(39)29-31(40)38(28-14-10-9-13-27(28)34-29)26-15-17-35(18-16-26)25-11-7-5-4-6-8-12-25/h9-10,13-14,23-26H,4-8,11-12,15-22H2,1-3H3. The molecule has 4 aliphatic rings. The van der Waals surface area contributed by atoms with Gasteiger partial charge < -0.3 is 24.0 Å². The van der Waals surface area contributed by atoms with Crippen LogP contribution in [0.3, 0.4) is 0 Å². The van der Waals surface area contributed by atoms with Crippen LogP contribution in [0, 0.1) is 11.8 Å². The first-order valence-corrected chi connectivity index (χ1v) is 16.2. The van der Waals surface area contributed by atoms with E-state index in [0.29, 0.717) is 37.7 Å². The molecule has 0 radical (unpaired) electrons. The number of amides is 2. The molecule has 2 aromatic rings. The number of rotatable bonds is 3. The maximum atomic E-state index is 14.0. The molecule has 42 heavy (non-hydrogen) atoms. The van der Waals surface area contributed by atoms with Gasteiger partial charge in [0, 0.05) is 63.2 Å². The monoisotopic (exact) mass is 577 g/mol. The Bertz CT molecular complexity index is 1340. The van der Waals surface area contributed by atoms with E-state index in [1.807, 2.05) is 49.6 Å². The van der Waals surface area contributed by atoms with Gasteiger partial charge in [-0.2, -0.15) is 0 Å². The second-order valence-corrected chi connectivity index (χ2v) is 14.0. The lowest BCUT2D eigenvalue weighted by molar-refractivity contribution is 0.0275. The smallest absolute Gasteiger partial charge is 0.410 e. The summed E-state index contributed by atoms with van der Waals surface area (Å²) < 4.78 is 7.44. The van der Waals surface area contributed by atoms with Crippen LogP contribution in [0.4, 0.5) is 4.79 Å². The number of carbonyl (C=O) groups excluding carboxylic acids is 2. The van der Waals surface area contributed by atoms with E-state index in [2.05, 4.69) is 9.88 Å². The van der Waals surface area contributed by atoms with Crippen LogP contribution >= 0.6 is 0 Å². The molecule has 228 valence electrons. The maximum Gasteiger partial charge on any atom is 0.410 e. The molecule has 2 unspecified atom stereocenters. The molecule has 6 rings (SSSR count). The molecule has 3 aliphatic heterocycles. The van der Waals surface area contributed by atoms with Crippen molar-refractivity contribution in [2.24, 2.45) is 11.8 Å². The largest absolute Gasteiger partial charge is 0.444 e. The quantitative estimate of drug-likeness (QED) is 0.505. The Hall–Kier alpha value is -2.94. The molecule has 0 bridgehead atoms. The molecular formula is C33H47N5O4. The Morgan fingerprint density at radius 3 is 2.05 bits per heavy atom. The first-order chi connectivity index (χ1) is 20.2. The van der Waals surface area contributed by atoms with E-state index in [1.54, 1.807) is 9.80 Å². The van der Waals surface area contributed by atoms with Crippen molar-refractivity contribution >= 4 is 23.0 Å². The minimum atomic E-state index is -0.538. The first kappa shape index (κ1) is 29.1. The summed E-state index contributed by atoms with van der Waals surface area (Å²) in [4.78, 5) is 51.3. The maximum absolute atomic E-state index is 14.0. The fraction of sp³-hybridized carbons (Fsp3) is 0.697. The van der Waals surface area contributed by atoms with Crippen LogP contribution in [0.5, 0.6) is 0 Å². The van der Waals surface area contributed by atoms with Crippen LogP contribution < -0.4 is 5.56 Å². The van der Waals surface area contributed by atoms with E-state index in [-0.39, 0.29) is 41.1 Å². The number of hydrogen-bond donors (Lipinski definition) is 0. The van der Waals surface area contributed by atoms with E-state index in [1.165, 1.54) is 44.9 Å². The van der Waals surface area contributed by atoms with Crippen LogP contribution in [0.25, 0.3) is 11.0 Å². The minimum Gasteiger partial charge on any atom is -0.444 e. The highest BCUT2D eigenvalue weighted by Gasteiger charge is 2.45. The second kappa shape index (κ2) is 12.0. The topological polar surface area (TPSA) is 88.0 Å². The third-order valence-corrected chi connectivity index (χ3v) is 9.88. The first-order valence-electron chi connectivity index (χ1n) is 16.2. The summed E-state index contributed by atoms with van der Waals surface area (Å²) in [6.07, 6.45) is 10.8. The number of likely N-dealkylation sites (tertiary alicyclic amines) is 3. The van der Waals surface area contributed by atoms with Gasteiger partial charge in [0.25, 0.3) is 11.5 Å². The highest BCUT2D eigenvalue weighted by molar-refractivity contribution is 5.94. The van der Waals surface area contributed by atoms with E-state index in [4.69, 9.17) is 4.74 Å². The molecule has 9 nitrogen and oxygen atoms in total. The summed E-state index contributed by atoms with van der Waals surface area (Å²) in [5.74, 6) is 0.0770. The van der Waals surface area contributed by atoms with Gasteiger partial charge in [-0.05, 0) is 58.6 Å². The molecule has 2 amide bonds. The Kier molecular flexibility index (Phi) is 8.31. The van der Waals surface area contributed by atoms with Gasteiger partial charge in [0.05, 0.1) is 11.0 Å². The predicted molar refractivity (Wildman–Crippen MR) is 163 cm³/mol. The number of ether oxygens (including phenoxy) is 1. The van der Waals surface area contributed by atoms with Crippen LogP contribution in [0.1, 0.15) is 95.1 Å². The summed E-state index contributed by atoms with van der Waals surface area (Å²) >= 11 is 0. The average Bonchev–Trinajstić information content (AvgIpc) is 3.52. The number of nitrogens with zero attached hydrogens (tertiary/aromatic N) is 5. The van der Waals surface area contributed by atoms with Gasteiger partial charge in [-0.15, -0.1) is 0 Å². The van der Waals surface area contributed by atoms with Gasteiger partial charge >= 0.3 is 6.09 Å². The lowest BCUT2D eigenvalue weighted by Crippen LogP contribution is -2.45. The van der Waals surface area contributed by atoms with Crippen molar-refractivity contribution in [2.45, 2.75) is 96.2 Å². The van der Waals surface area contributed by atoms with Crippen LogP contribution in [-0.2, 0) is 4.74 Å². The molecule has 3 saturated heterocycles. The summed E-state index contributed by atoms with van der Waals surface area (Å²) in [7, 11) is 0. The normalized spacial score (nSPS) is 24.9. The number of piperidine rings is 1. The fourth-order valence-corrected chi connectivity index (χ4v) is 7.75. The van der Waals surface area contributed by atoms with Crippen LogP contribution in [0.2, 0.25) is 0 Å². The van der Waals surface area contributed by atoms with Crippen molar-refractivity contribution < 1.29 is 14.3 Å². The van der Waals surface area contributed by atoms with Crippen molar-refractivity contribution in [1.82, 2.24) is 24.3 Å². The zero-order valence-electron chi connectivity index (χ0n) is 25.6. The number of fused-ring (bicyclic) bond motifs is 2. The van der Waals surface area contributed by atoms with Gasteiger partial charge in [0.1, 0.15) is 5.60 Å². The molecular weight excluding hydrogens is 530 g/mol. The van der Waals surface area contributed by atoms with Crippen molar-refractivity contribution in [3.63, 3.8) is 0 Å². The van der Waals surface area contributed by atoms with Gasteiger partial charge in [-0.1, -0.05) is 44.2 Å². The van der Waals surface area contributed by atoms with Crippen molar-refractivity contribution in [3.8, 4) is 0 Å². The Labute approximate surface area is 249 Å². The molecule has 4 heterocycles. The SMILES string of the molecule is CC(C)(C)OC(=O)N1CC2CN(C(=O)c3nc4ccccc4n(C4CCN(C5CCCCCCC5)CC4)c3=O)CC2C1. The second-order valence-electron chi connectivity index (χ2n) is 14.0. The Morgan fingerprint density at radius 2 is 1.40 bits per heavy atom. The van der Waals surface area contributed by atoms with Crippen LogP contribution in [0.15, 0.2) is 29.1 Å². The Balaban J connectivity index is 1.17. The average molecular weight is 578 g/mol. The third kappa shape index (κ3) is 6.08. The molecule has 0 spiro atoms.